The van der Waals surface area contributed by atoms with Crippen molar-refractivity contribution in [1.82, 2.24) is 0 Å². The number of phenolic OH excluding ortho intramolecular Hbond substituents is 1. The molecule has 4 heteroatoms. The highest BCUT2D eigenvalue weighted by Gasteiger charge is 2.04. The van der Waals surface area contributed by atoms with E-state index in [0.717, 1.165) is 24.4 Å². The molecule has 1 rings (SSSR count). The van der Waals surface area contributed by atoms with Crippen molar-refractivity contribution in [2.75, 3.05) is 0 Å². The number of aromatic hydroxyl groups is 1. The number of phenols is 1. The molecule has 0 amide bonds. The highest BCUT2D eigenvalue weighted by molar-refractivity contribution is 7.33. The van der Waals surface area contributed by atoms with Crippen molar-refractivity contribution in [1.29, 1.82) is 0 Å². The molecular formula is C9H11Cl2OSi. The van der Waals surface area contributed by atoms with Crippen molar-refractivity contribution in [3.63, 3.8) is 0 Å². The zero-order valence-electron chi connectivity index (χ0n) is 7.13. The van der Waals surface area contributed by atoms with Crippen LogP contribution in [0.1, 0.15) is 12.0 Å². The number of rotatable bonds is 4. The van der Waals surface area contributed by atoms with E-state index in [2.05, 4.69) is 0 Å². The Hall–Kier alpha value is -0.183. The Kier molecular flexibility index (Phi) is 4.63. The Morgan fingerprint density at radius 2 is 1.92 bits per heavy atom. The van der Waals surface area contributed by atoms with E-state index >= 15 is 0 Å². The van der Waals surface area contributed by atoms with Gasteiger partial charge in [0.25, 0.3) is 7.42 Å². The van der Waals surface area contributed by atoms with Crippen molar-refractivity contribution in [3.05, 3.63) is 29.8 Å². The molecule has 0 atom stereocenters. The van der Waals surface area contributed by atoms with Crippen molar-refractivity contribution in [2.24, 2.45) is 0 Å². The van der Waals surface area contributed by atoms with E-state index in [0.29, 0.717) is 5.75 Å². The lowest BCUT2D eigenvalue weighted by Crippen LogP contribution is -1.93. The number of halogens is 2. The van der Waals surface area contributed by atoms with Crippen LogP contribution in [-0.4, -0.2) is 12.5 Å². The average molecular weight is 234 g/mol. The van der Waals surface area contributed by atoms with E-state index in [1.54, 1.807) is 6.07 Å². The fraction of sp³-hybridized carbons (Fsp3) is 0.333. The van der Waals surface area contributed by atoms with Crippen LogP contribution in [-0.2, 0) is 6.42 Å². The van der Waals surface area contributed by atoms with Crippen molar-refractivity contribution < 1.29 is 5.11 Å². The molecule has 0 aliphatic rings. The summed E-state index contributed by atoms with van der Waals surface area (Å²) in [6, 6.07) is 8.22. The largest absolute Gasteiger partial charge is 0.508 e. The number of hydrogen-bond donors (Lipinski definition) is 1. The van der Waals surface area contributed by atoms with Crippen LogP contribution in [0.15, 0.2) is 24.3 Å². The van der Waals surface area contributed by atoms with Crippen LogP contribution in [0.4, 0.5) is 0 Å². The second-order valence-corrected chi connectivity index (χ2v) is 7.32. The summed E-state index contributed by atoms with van der Waals surface area (Å²) in [5, 5.41) is 9.42. The Morgan fingerprint density at radius 3 is 2.54 bits per heavy atom. The highest BCUT2D eigenvalue weighted by Crippen LogP contribution is 2.19. The standard InChI is InChI=1S/C9H11Cl2OSi/c10-13(11)7-3-5-8-4-1-2-6-9(8)12/h1-2,4,6,12H,3,5,7H2. The minimum atomic E-state index is -1.15. The lowest BCUT2D eigenvalue weighted by Gasteiger charge is -2.03. The van der Waals surface area contributed by atoms with Crippen molar-refractivity contribution >= 4 is 29.6 Å². The third kappa shape index (κ3) is 4.03. The van der Waals surface area contributed by atoms with Gasteiger partial charge in [-0.15, -0.1) is 22.2 Å². The summed E-state index contributed by atoms with van der Waals surface area (Å²) < 4.78 is 0. The maximum absolute atomic E-state index is 9.42. The van der Waals surface area contributed by atoms with Gasteiger partial charge in [-0.1, -0.05) is 18.2 Å². The summed E-state index contributed by atoms with van der Waals surface area (Å²) in [6.45, 7) is 0. The molecule has 1 N–H and O–H groups in total. The van der Waals surface area contributed by atoms with Gasteiger partial charge in [0, 0.05) is 0 Å². The first-order valence-corrected chi connectivity index (χ1v) is 7.87. The lowest BCUT2D eigenvalue weighted by molar-refractivity contribution is 0.467. The Bertz CT molecular complexity index is 266. The van der Waals surface area contributed by atoms with Gasteiger partial charge in [-0.2, -0.15) is 0 Å². The zero-order chi connectivity index (χ0) is 9.68. The van der Waals surface area contributed by atoms with E-state index in [4.69, 9.17) is 22.2 Å². The first-order chi connectivity index (χ1) is 6.20. The second-order valence-electron chi connectivity index (χ2n) is 2.82. The third-order valence-electron chi connectivity index (χ3n) is 1.80. The van der Waals surface area contributed by atoms with Gasteiger partial charge in [0.1, 0.15) is 5.75 Å². The molecule has 0 aliphatic heterocycles. The van der Waals surface area contributed by atoms with Gasteiger partial charge in [-0.3, -0.25) is 0 Å². The summed E-state index contributed by atoms with van der Waals surface area (Å²) >= 11 is 11.4. The number of aryl methyl sites for hydroxylation is 1. The molecule has 0 bridgehead atoms. The summed E-state index contributed by atoms with van der Waals surface area (Å²) in [7, 11) is -1.15. The molecule has 0 unspecified atom stereocenters. The highest BCUT2D eigenvalue weighted by atomic mass is 35.7. The van der Waals surface area contributed by atoms with Crippen LogP contribution in [0, 0.1) is 0 Å². The second kappa shape index (κ2) is 5.53. The van der Waals surface area contributed by atoms with Crippen LogP contribution >= 0.6 is 22.2 Å². The Balaban J connectivity index is 2.41. The van der Waals surface area contributed by atoms with Crippen LogP contribution < -0.4 is 0 Å². The first kappa shape index (κ1) is 10.9. The average Bonchev–Trinajstić information content (AvgIpc) is 2.08. The van der Waals surface area contributed by atoms with Crippen LogP contribution in [0.2, 0.25) is 6.04 Å². The lowest BCUT2D eigenvalue weighted by atomic mass is 10.1. The predicted octanol–water partition coefficient (Wildman–Crippen LogP) is 3.29. The molecule has 0 saturated carbocycles. The quantitative estimate of drug-likeness (QED) is 0.626. The molecule has 0 aliphatic carbocycles. The molecule has 71 valence electrons. The normalized spacial score (nSPS) is 10.7. The van der Waals surface area contributed by atoms with Gasteiger partial charge in [-0.05, 0) is 30.5 Å². The van der Waals surface area contributed by atoms with E-state index in [9.17, 15) is 5.11 Å². The fourth-order valence-corrected chi connectivity index (χ4v) is 2.38. The van der Waals surface area contributed by atoms with Gasteiger partial charge < -0.3 is 5.11 Å². The van der Waals surface area contributed by atoms with Crippen LogP contribution in [0.25, 0.3) is 0 Å². The van der Waals surface area contributed by atoms with Gasteiger partial charge in [0.15, 0.2) is 0 Å². The van der Waals surface area contributed by atoms with E-state index in [1.165, 1.54) is 0 Å². The van der Waals surface area contributed by atoms with E-state index in [1.807, 2.05) is 18.2 Å². The van der Waals surface area contributed by atoms with Gasteiger partial charge in [0.05, 0.1) is 0 Å². The maximum atomic E-state index is 9.42. The summed E-state index contributed by atoms with van der Waals surface area (Å²) in [5.74, 6) is 0.361. The van der Waals surface area contributed by atoms with E-state index < -0.39 is 7.42 Å². The SMILES string of the molecule is Oc1ccccc1CCC[Si](Cl)Cl. The predicted molar refractivity (Wildman–Crippen MR) is 58.7 cm³/mol. The maximum Gasteiger partial charge on any atom is 0.273 e. The third-order valence-corrected chi connectivity index (χ3v) is 3.67. The first-order valence-electron chi connectivity index (χ1n) is 4.14. The molecule has 1 nitrogen and oxygen atoms in total. The van der Waals surface area contributed by atoms with Crippen LogP contribution in [0.5, 0.6) is 5.75 Å². The summed E-state index contributed by atoms with van der Waals surface area (Å²) in [6.07, 6.45) is 1.79. The molecule has 0 aromatic heterocycles. The van der Waals surface area contributed by atoms with Gasteiger partial charge >= 0.3 is 0 Å². The summed E-state index contributed by atoms with van der Waals surface area (Å²) in [4.78, 5) is 0. The fourth-order valence-electron chi connectivity index (χ4n) is 1.13. The smallest absolute Gasteiger partial charge is 0.273 e. The Morgan fingerprint density at radius 1 is 1.23 bits per heavy atom. The molecule has 0 spiro atoms. The monoisotopic (exact) mass is 233 g/mol. The minimum Gasteiger partial charge on any atom is -0.508 e. The minimum absolute atomic E-state index is 0.361. The van der Waals surface area contributed by atoms with Crippen molar-refractivity contribution in [2.45, 2.75) is 18.9 Å². The molecular weight excluding hydrogens is 223 g/mol. The number of hydrogen-bond acceptors (Lipinski definition) is 1. The van der Waals surface area contributed by atoms with Crippen LogP contribution in [0.3, 0.4) is 0 Å². The van der Waals surface area contributed by atoms with Gasteiger partial charge in [0.2, 0.25) is 0 Å². The molecule has 13 heavy (non-hydrogen) atoms. The molecule has 0 heterocycles. The topological polar surface area (TPSA) is 20.2 Å². The zero-order valence-corrected chi connectivity index (χ0v) is 9.65. The summed E-state index contributed by atoms with van der Waals surface area (Å²) in [5.41, 5.74) is 0.971. The molecule has 0 fully saturated rings. The number of para-hydroxylation sites is 1. The molecule has 0 saturated heterocycles. The molecule has 1 radical (unpaired) electrons. The Labute approximate surface area is 89.3 Å². The molecule has 1 aromatic rings. The van der Waals surface area contributed by atoms with Gasteiger partial charge in [-0.25, -0.2) is 0 Å². The van der Waals surface area contributed by atoms with E-state index in [-0.39, 0.29) is 0 Å². The molecule has 1 aromatic carbocycles. The van der Waals surface area contributed by atoms with Crippen molar-refractivity contribution in [3.8, 4) is 5.75 Å². The number of benzene rings is 1.